The fourth-order valence-electron chi connectivity index (χ4n) is 2.53. The van der Waals surface area contributed by atoms with Crippen molar-refractivity contribution in [3.63, 3.8) is 0 Å². The van der Waals surface area contributed by atoms with Crippen LogP contribution in [0.15, 0.2) is 40.0 Å². The van der Waals surface area contributed by atoms with Crippen molar-refractivity contribution in [2.75, 3.05) is 0 Å². The number of carbonyl (C=O) groups is 1. The van der Waals surface area contributed by atoms with E-state index >= 15 is 0 Å². The minimum absolute atomic E-state index is 0.101. The first kappa shape index (κ1) is 20.7. The molecule has 0 fully saturated rings. The van der Waals surface area contributed by atoms with E-state index in [1.807, 2.05) is 0 Å². The number of benzene rings is 1. The van der Waals surface area contributed by atoms with Gasteiger partial charge in [0.15, 0.2) is 11.4 Å². The zero-order valence-electron chi connectivity index (χ0n) is 15.6. The average Bonchev–Trinajstić information content (AvgIpc) is 2.56. The number of nitrogens with zero attached hydrogens (tertiary/aromatic N) is 1. The number of pyridine rings is 1. The van der Waals surface area contributed by atoms with Gasteiger partial charge in [-0.05, 0) is 38.5 Å². The molecule has 1 amide bonds. The Morgan fingerprint density at radius 3 is 2.52 bits per heavy atom. The highest BCUT2D eigenvalue weighted by molar-refractivity contribution is 7.89. The maximum absolute atomic E-state index is 12.5. The summed E-state index contributed by atoms with van der Waals surface area (Å²) in [7, 11) is -2.32. The van der Waals surface area contributed by atoms with Crippen LogP contribution in [-0.2, 0) is 23.6 Å². The number of aromatic hydroxyl groups is 1. The van der Waals surface area contributed by atoms with Gasteiger partial charge in [-0.2, -0.15) is 0 Å². The van der Waals surface area contributed by atoms with Crippen molar-refractivity contribution in [1.82, 2.24) is 14.6 Å². The number of hydrogen-bond donors (Lipinski definition) is 3. The number of aryl methyl sites for hydroxylation is 1. The topological polar surface area (TPSA) is 118 Å². The monoisotopic (exact) mass is 393 g/mol. The number of rotatable bonds is 6. The lowest BCUT2D eigenvalue weighted by Gasteiger charge is -2.17. The van der Waals surface area contributed by atoms with Gasteiger partial charge in [0.2, 0.25) is 15.5 Å². The highest BCUT2D eigenvalue weighted by atomic mass is 32.2. The van der Waals surface area contributed by atoms with Crippen LogP contribution in [0.5, 0.6) is 5.75 Å². The highest BCUT2D eigenvalue weighted by Gasteiger charge is 2.21. The largest absolute Gasteiger partial charge is 0.503 e. The number of sulfonamides is 1. The van der Waals surface area contributed by atoms with Gasteiger partial charge < -0.3 is 15.0 Å². The van der Waals surface area contributed by atoms with Crippen molar-refractivity contribution in [2.24, 2.45) is 7.05 Å². The van der Waals surface area contributed by atoms with Crippen LogP contribution in [-0.4, -0.2) is 30.0 Å². The molecule has 1 heterocycles. The first-order valence-corrected chi connectivity index (χ1v) is 9.80. The SMILES string of the molecule is Cc1cccc(S(=O)(=O)NCc2cc(=O)c(O)c(C(=O)NC(C)C)n2C)c1. The van der Waals surface area contributed by atoms with Crippen molar-refractivity contribution in [2.45, 2.75) is 38.3 Å². The fourth-order valence-corrected chi connectivity index (χ4v) is 3.63. The average molecular weight is 393 g/mol. The molecule has 146 valence electrons. The lowest BCUT2D eigenvalue weighted by molar-refractivity contribution is 0.0930. The van der Waals surface area contributed by atoms with Crippen molar-refractivity contribution in [3.8, 4) is 5.75 Å². The Hall–Kier alpha value is -2.65. The molecule has 0 aliphatic rings. The summed E-state index contributed by atoms with van der Waals surface area (Å²) in [6.07, 6.45) is 0. The van der Waals surface area contributed by atoms with Gasteiger partial charge in [-0.3, -0.25) is 9.59 Å². The van der Waals surface area contributed by atoms with Crippen LogP contribution in [0.25, 0.3) is 0 Å². The summed E-state index contributed by atoms with van der Waals surface area (Å²) in [4.78, 5) is 24.4. The maximum atomic E-state index is 12.5. The van der Waals surface area contributed by atoms with Crippen molar-refractivity contribution in [1.29, 1.82) is 0 Å². The van der Waals surface area contributed by atoms with Gasteiger partial charge in [0.05, 0.1) is 11.4 Å². The summed E-state index contributed by atoms with van der Waals surface area (Å²) in [5.41, 5.74) is 0.0539. The van der Waals surface area contributed by atoms with Crippen molar-refractivity contribution < 1.29 is 18.3 Å². The van der Waals surface area contributed by atoms with Gasteiger partial charge in [-0.1, -0.05) is 12.1 Å². The van der Waals surface area contributed by atoms with E-state index in [2.05, 4.69) is 10.0 Å². The smallest absolute Gasteiger partial charge is 0.272 e. The Balaban J connectivity index is 2.36. The lowest BCUT2D eigenvalue weighted by atomic mass is 10.2. The minimum atomic E-state index is -3.80. The first-order chi connectivity index (χ1) is 12.5. The van der Waals surface area contributed by atoms with E-state index in [1.165, 1.54) is 23.7 Å². The summed E-state index contributed by atoms with van der Waals surface area (Å²) in [5.74, 6) is -1.30. The van der Waals surface area contributed by atoms with E-state index in [1.54, 1.807) is 32.9 Å². The molecule has 1 aromatic carbocycles. The van der Waals surface area contributed by atoms with Crippen molar-refractivity contribution in [3.05, 3.63) is 57.5 Å². The standard InChI is InChI=1S/C18H23N3O5S/c1-11(2)20-18(24)16-17(23)15(22)9-13(21(16)4)10-19-27(25,26)14-7-5-6-12(3)8-14/h5-9,11,19,23H,10H2,1-4H3,(H,20,24). The van der Waals surface area contributed by atoms with Gasteiger partial charge in [-0.15, -0.1) is 0 Å². The number of hydrogen-bond acceptors (Lipinski definition) is 5. The third kappa shape index (κ3) is 4.75. The zero-order chi connectivity index (χ0) is 20.4. The van der Waals surface area contributed by atoms with E-state index in [0.29, 0.717) is 0 Å². The molecule has 3 N–H and O–H groups in total. The molecule has 0 saturated heterocycles. The molecular weight excluding hydrogens is 370 g/mol. The summed E-state index contributed by atoms with van der Waals surface area (Å²) in [6.45, 7) is 5.05. The molecular formula is C18H23N3O5S. The van der Waals surface area contributed by atoms with E-state index in [-0.39, 0.29) is 28.9 Å². The third-order valence-corrected chi connectivity index (χ3v) is 5.30. The van der Waals surface area contributed by atoms with Gasteiger partial charge in [0.1, 0.15) is 0 Å². The van der Waals surface area contributed by atoms with E-state index in [9.17, 15) is 23.1 Å². The summed E-state index contributed by atoms with van der Waals surface area (Å²) in [5, 5.41) is 12.6. The van der Waals surface area contributed by atoms with Gasteiger partial charge in [0.25, 0.3) is 5.91 Å². The van der Waals surface area contributed by atoms with Crippen LogP contribution in [0, 0.1) is 6.92 Å². The number of amides is 1. The third-order valence-electron chi connectivity index (χ3n) is 3.90. The highest BCUT2D eigenvalue weighted by Crippen LogP contribution is 2.15. The Kier molecular flexibility index (Phi) is 6.07. The van der Waals surface area contributed by atoms with Crippen LogP contribution < -0.4 is 15.5 Å². The molecule has 0 radical (unpaired) electrons. The molecule has 2 aromatic rings. The molecule has 0 bridgehead atoms. The second kappa shape index (κ2) is 7.93. The van der Waals surface area contributed by atoms with E-state index in [4.69, 9.17) is 0 Å². The number of carbonyl (C=O) groups excluding carboxylic acids is 1. The maximum Gasteiger partial charge on any atom is 0.272 e. The van der Waals surface area contributed by atoms with Crippen LogP contribution in [0.4, 0.5) is 0 Å². The lowest BCUT2D eigenvalue weighted by Crippen LogP contribution is -2.34. The molecule has 0 spiro atoms. The van der Waals surface area contributed by atoms with Crippen LogP contribution in [0.2, 0.25) is 0 Å². The molecule has 0 saturated carbocycles. The van der Waals surface area contributed by atoms with Gasteiger partial charge in [0, 0.05) is 24.8 Å². The van der Waals surface area contributed by atoms with Crippen molar-refractivity contribution >= 4 is 15.9 Å². The van der Waals surface area contributed by atoms with Crippen LogP contribution in [0.1, 0.15) is 35.6 Å². The molecule has 2 rings (SSSR count). The normalized spacial score (nSPS) is 11.6. The predicted octanol–water partition coefficient (Wildman–Crippen LogP) is 1.02. The Labute approximate surface area is 157 Å². The summed E-state index contributed by atoms with van der Waals surface area (Å²) >= 11 is 0. The summed E-state index contributed by atoms with van der Waals surface area (Å²) < 4.78 is 28.6. The second-order valence-electron chi connectivity index (χ2n) is 6.53. The van der Waals surface area contributed by atoms with Crippen LogP contribution in [0.3, 0.4) is 0 Å². The molecule has 0 aliphatic heterocycles. The fraction of sp³-hybridized carbons (Fsp3) is 0.333. The molecule has 0 unspecified atom stereocenters. The Morgan fingerprint density at radius 2 is 1.93 bits per heavy atom. The van der Waals surface area contributed by atoms with Gasteiger partial charge in [-0.25, -0.2) is 13.1 Å². The Morgan fingerprint density at radius 1 is 1.26 bits per heavy atom. The number of nitrogens with one attached hydrogen (secondary N) is 2. The predicted molar refractivity (Wildman–Crippen MR) is 101 cm³/mol. The quantitative estimate of drug-likeness (QED) is 0.677. The second-order valence-corrected chi connectivity index (χ2v) is 8.29. The molecule has 9 heteroatoms. The molecule has 0 atom stereocenters. The first-order valence-electron chi connectivity index (χ1n) is 8.32. The molecule has 27 heavy (non-hydrogen) atoms. The molecule has 0 aliphatic carbocycles. The zero-order valence-corrected chi connectivity index (χ0v) is 16.4. The molecule has 8 nitrogen and oxygen atoms in total. The molecule has 1 aromatic heterocycles. The number of aromatic nitrogens is 1. The van der Waals surface area contributed by atoms with Gasteiger partial charge >= 0.3 is 0 Å². The minimum Gasteiger partial charge on any atom is -0.503 e. The van der Waals surface area contributed by atoms with E-state index < -0.39 is 27.1 Å². The summed E-state index contributed by atoms with van der Waals surface area (Å²) in [6, 6.07) is 7.30. The Bertz CT molecular complexity index is 1030. The van der Waals surface area contributed by atoms with E-state index in [0.717, 1.165) is 11.6 Å². The van der Waals surface area contributed by atoms with Crippen LogP contribution >= 0.6 is 0 Å².